The first-order chi connectivity index (χ1) is 8.94. The number of nitrogens with one attached hydrogen (secondary N) is 2. The van der Waals surface area contributed by atoms with Crippen LogP contribution in [0.25, 0.3) is 11.4 Å². The van der Waals surface area contributed by atoms with Crippen LogP contribution >= 0.6 is 0 Å². The van der Waals surface area contributed by atoms with E-state index >= 15 is 0 Å². The summed E-state index contributed by atoms with van der Waals surface area (Å²) in [7, 11) is 0. The van der Waals surface area contributed by atoms with Crippen LogP contribution < -0.4 is 5.32 Å². The van der Waals surface area contributed by atoms with Crippen molar-refractivity contribution in [3.05, 3.63) is 30.1 Å². The van der Waals surface area contributed by atoms with Gasteiger partial charge in [-0.05, 0) is 30.9 Å². The fourth-order valence-electron chi connectivity index (χ4n) is 1.82. The lowest BCUT2D eigenvalue weighted by Crippen LogP contribution is -2.12. The molecule has 0 fully saturated rings. The summed E-state index contributed by atoms with van der Waals surface area (Å²) < 4.78 is 0. The molecule has 1 heterocycles. The molecule has 0 aliphatic rings. The third-order valence-electron chi connectivity index (χ3n) is 2.92. The fraction of sp³-hybridized carbons (Fsp3) is 0.467. The number of aromatic nitrogens is 3. The average molecular weight is 258 g/mol. The van der Waals surface area contributed by atoms with Crippen molar-refractivity contribution in [3.63, 3.8) is 0 Å². The third kappa shape index (κ3) is 4.09. The largest absolute Gasteiger partial charge is 0.385 e. The second kappa shape index (κ2) is 5.43. The van der Waals surface area contributed by atoms with E-state index in [1.54, 1.807) is 0 Å². The predicted molar refractivity (Wildman–Crippen MR) is 79.1 cm³/mol. The number of rotatable bonds is 4. The standard InChI is InChI=1S/C15H22N4/c1-11-17-14(19-18-11)12-6-5-7-13(10-12)16-9-8-15(2,3)4/h5-7,10,16H,8-9H2,1-4H3,(H,17,18,19). The third-order valence-corrected chi connectivity index (χ3v) is 2.92. The van der Waals surface area contributed by atoms with E-state index in [0.717, 1.165) is 35.9 Å². The van der Waals surface area contributed by atoms with E-state index in [2.05, 4.69) is 53.4 Å². The maximum absolute atomic E-state index is 4.35. The number of nitrogens with zero attached hydrogens (tertiary/aromatic N) is 2. The molecule has 4 nitrogen and oxygen atoms in total. The zero-order valence-electron chi connectivity index (χ0n) is 12.1. The summed E-state index contributed by atoms with van der Waals surface area (Å²) in [6.45, 7) is 9.63. The molecule has 1 aromatic heterocycles. The number of anilines is 1. The first-order valence-electron chi connectivity index (χ1n) is 6.67. The molecule has 2 N–H and O–H groups in total. The van der Waals surface area contributed by atoms with Crippen LogP contribution in [-0.4, -0.2) is 21.7 Å². The van der Waals surface area contributed by atoms with Crippen molar-refractivity contribution >= 4 is 5.69 Å². The van der Waals surface area contributed by atoms with E-state index in [1.165, 1.54) is 0 Å². The van der Waals surface area contributed by atoms with E-state index in [9.17, 15) is 0 Å². The molecule has 0 amide bonds. The van der Waals surface area contributed by atoms with Crippen molar-refractivity contribution in [3.8, 4) is 11.4 Å². The van der Waals surface area contributed by atoms with Gasteiger partial charge in [-0.1, -0.05) is 32.9 Å². The van der Waals surface area contributed by atoms with Gasteiger partial charge in [-0.15, -0.1) is 0 Å². The second-order valence-corrected chi connectivity index (χ2v) is 6.06. The highest BCUT2D eigenvalue weighted by Gasteiger charge is 2.09. The number of benzene rings is 1. The number of hydrogen-bond donors (Lipinski definition) is 2. The monoisotopic (exact) mass is 258 g/mol. The molecule has 19 heavy (non-hydrogen) atoms. The quantitative estimate of drug-likeness (QED) is 0.880. The number of aryl methyl sites for hydroxylation is 1. The predicted octanol–water partition coefficient (Wildman–Crippen LogP) is 3.63. The molecule has 2 rings (SSSR count). The van der Waals surface area contributed by atoms with Gasteiger partial charge in [-0.3, -0.25) is 5.10 Å². The maximum atomic E-state index is 4.35. The van der Waals surface area contributed by atoms with Gasteiger partial charge in [0.2, 0.25) is 0 Å². The van der Waals surface area contributed by atoms with Crippen LogP contribution in [0.2, 0.25) is 0 Å². The Labute approximate surface area is 114 Å². The summed E-state index contributed by atoms with van der Waals surface area (Å²) in [6.07, 6.45) is 1.14. The summed E-state index contributed by atoms with van der Waals surface area (Å²) in [4.78, 5) is 4.35. The Bertz CT molecular complexity index is 537. The molecular formula is C15H22N4. The van der Waals surface area contributed by atoms with Crippen molar-refractivity contribution in [1.29, 1.82) is 0 Å². The molecule has 0 aliphatic heterocycles. The smallest absolute Gasteiger partial charge is 0.181 e. The van der Waals surface area contributed by atoms with Crippen molar-refractivity contribution in [2.45, 2.75) is 34.1 Å². The minimum Gasteiger partial charge on any atom is -0.385 e. The van der Waals surface area contributed by atoms with Gasteiger partial charge in [-0.25, -0.2) is 4.98 Å². The number of H-pyrrole nitrogens is 1. The van der Waals surface area contributed by atoms with E-state index in [0.29, 0.717) is 5.41 Å². The fourth-order valence-corrected chi connectivity index (χ4v) is 1.82. The van der Waals surface area contributed by atoms with Crippen LogP contribution in [0.3, 0.4) is 0 Å². The van der Waals surface area contributed by atoms with E-state index < -0.39 is 0 Å². The summed E-state index contributed by atoms with van der Waals surface area (Å²) in [5.41, 5.74) is 2.50. The molecule has 0 aliphatic carbocycles. The summed E-state index contributed by atoms with van der Waals surface area (Å²) >= 11 is 0. The van der Waals surface area contributed by atoms with E-state index in [1.807, 2.05) is 19.1 Å². The van der Waals surface area contributed by atoms with Crippen molar-refractivity contribution < 1.29 is 0 Å². The molecular weight excluding hydrogens is 236 g/mol. The van der Waals surface area contributed by atoms with Gasteiger partial charge in [-0.2, -0.15) is 5.10 Å². The molecule has 0 saturated carbocycles. The van der Waals surface area contributed by atoms with Crippen LogP contribution in [0.1, 0.15) is 33.0 Å². The maximum Gasteiger partial charge on any atom is 0.181 e. The van der Waals surface area contributed by atoms with Crippen molar-refractivity contribution in [2.75, 3.05) is 11.9 Å². The summed E-state index contributed by atoms with van der Waals surface area (Å²) in [5.74, 6) is 1.58. The van der Waals surface area contributed by atoms with Gasteiger partial charge >= 0.3 is 0 Å². The van der Waals surface area contributed by atoms with Crippen LogP contribution in [0.4, 0.5) is 5.69 Å². The van der Waals surface area contributed by atoms with Gasteiger partial charge in [0.25, 0.3) is 0 Å². The highest BCUT2D eigenvalue weighted by molar-refractivity contribution is 5.62. The highest BCUT2D eigenvalue weighted by Crippen LogP contribution is 2.21. The summed E-state index contributed by atoms with van der Waals surface area (Å²) in [5, 5.41) is 10.5. The molecule has 102 valence electrons. The number of aromatic amines is 1. The molecule has 0 saturated heterocycles. The Morgan fingerprint density at radius 3 is 2.68 bits per heavy atom. The normalized spacial score (nSPS) is 11.6. The van der Waals surface area contributed by atoms with Crippen LogP contribution in [-0.2, 0) is 0 Å². The zero-order chi connectivity index (χ0) is 13.9. The Kier molecular flexibility index (Phi) is 3.88. The van der Waals surface area contributed by atoms with E-state index in [-0.39, 0.29) is 0 Å². The van der Waals surface area contributed by atoms with Crippen LogP contribution in [0, 0.1) is 12.3 Å². The SMILES string of the molecule is Cc1nc(-c2cccc(NCCC(C)(C)C)c2)n[nH]1. The molecule has 0 spiro atoms. The summed E-state index contributed by atoms with van der Waals surface area (Å²) in [6, 6.07) is 8.22. The topological polar surface area (TPSA) is 53.6 Å². The van der Waals surface area contributed by atoms with Crippen molar-refractivity contribution in [2.24, 2.45) is 5.41 Å². The van der Waals surface area contributed by atoms with Gasteiger partial charge in [0.1, 0.15) is 5.82 Å². The first-order valence-corrected chi connectivity index (χ1v) is 6.67. The van der Waals surface area contributed by atoms with Crippen molar-refractivity contribution in [1.82, 2.24) is 15.2 Å². The van der Waals surface area contributed by atoms with Gasteiger partial charge in [0, 0.05) is 17.8 Å². The first kappa shape index (κ1) is 13.6. The molecule has 0 radical (unpaired) electrons. The van der Waals surface area contributed by atoms with Gasteiger partial charge in [0.15, 0.2) is 5.82 Å². The zero-order valence-corrected chi connectivity index (χ0v) is 12.1. The van der Waals surface area contributed by atoms with Gasteiger partial charge in [0.05, 0.1) is 0 Å². The second-order valence-electron chi connectivity index (χ2n) is 6.06. The minimum atomic E-state index is 0.353. The highest BCUT2D eigenvalue weighted by atomic mass is 15.2. The molecule has 0 atom stereocenters. The lowest BCUT2D eigenvalue weighted by Gasteiger charge is -2.18. The number of hydrogen-bond acceptors (Lipinski definition) is 3. The molecule has 1 aromatic carbocycles. The Morgan fingerprint density at radius 2 is 2.05 bits per heavy atom. The van der Waals surface area contributed by atoms with Gasteiger partial charge < -0.3 is 5.32 Å². The Hall–Kier alpha value is -1.84. The van der Waals surface area contributed by atoms with E-state index in [4.69, 9.17) is 0 Å². The molecule has 0 bridgehead atoms. The molecule has 0 unspecified atom stereocenters. The Balaban J connectivity index is 2.03. The lowest BCUT2D eigenvalue weighted by molar-refractivity contribution is 0.390. The molecule has 4 heteroatoms. The average Bonchev–Trinajstić information content (AvgIpc) is 2.75. The lowest BCUT2D eigenvalue weighted by atomic mass is 9.92. The molecule has 2 aromatic rings. The van der Waals surface area contributed by atoms with Crippen LogP contribution in [0.15, 0.2) is 24.3 Å². The minimum absolute atomic E-state index is 0.353. The Morgan fingerprint density at radius 1 is 1.26 bits per heavy atom. The van der Waals surface area contributed by atoms with Crippen LogP contribution in [0.5, 0.6) is 0 Å².